The van der Waals surface area contributed by atoms with Gasteiger partial charge in [0.25, 0.3) is 0 Å². The molecule has 104 valence electrons. The lowest BCUT2D eigenvalue weighted by atomic mass is 9.89. The normalized spacial score (nSPS) is 11.7. The lowest BCUT2D eigenvalue weighted by molar-refractivity contribution is -0.119. The Bertz CT molecular complexity index is 458. The van der Waals surface area contributed by atoms with Crippen LogP contribution in [0.25, 0.3) is 0 Å². The summed E-state index contributed by atoms with van der Waals surface area (Å²) in [6, 6.07) is 0. The van der Waals surface area contributed by atoms with Crippen molar-refractivity contribution in [1.82, 2.24) is 0 Å². The van der Waals surface area contributed by atoms with Gasteiger partial charge in [0.15, 0.2) is 5.78 Å². The van der Waals surface area contributed by atoms with Crippen molar-refractivity contribution in [3.63, 3.8) is 0 Å². The molecule has 0 heterocycles. The molecule has 0 aliphatic carbocycles. The van der Waals surface area contributed by atoms with Crippen LogP contribution in [0.3, 0.4) is 0 Å². The number of ketones is 1. The van der Waals surface area contributed by atoms with Gasteiger partial charge in [0, 0.05) is 30.2 Å². The average Bonchev–Trinajstić information content (AvgIpc) is 2.19. The highest BCUT2D eigenvalue weighted by Gasteiger charge is 2.26. The van der Waals surface area contributed by atoms with Gasteiger partial charge < -0.3 is 0 Å². The van der Waals surface area contributed by atoms with Gasteiger partial charge in [-0.3, -0.25) is 9.00 Å². The van der Waals surface area contributed by atoms with E-state index in [0.717, 1.165) is 12.8 Å². The van der Waals surface area contributed by atoms with E-state index in [1.165, 1.54) is 0 Å². The van der Waals surface area contributed by atoms with Crippen molar-refractivity contribution in [2.45, 2.75) is 40.0 Å². The first kappa shape index (κ1) is 17.5. The molecule has 0 aromatic heterocycles. The maximum absolute atomic E-state index is 12.2. The molecule has 0 bridgehead atoms. The van der Waals surface area contributed by atoms with Crippen molar-refractivity contribution in [1.29, 1.82) is 0 Å². The predicted molar refractivity (Wildman–Crippen MR) is 81.8 cm³/mol. The van der Waals surface area contributed by atoms with Gasteiger partial charge in [0.05, 0.1) is 0 Å². The van der Waals surface area contributed by atoms with Crippen LogP contribution in [0.5, 0.6) is 0 Å². The van der Waals surface area contributed by atoms with Gasteiger partial charge in [-0.25, -0.2) is 0 Å². The second-order valence-corrected chi connectivity index (χ2v) is 8.84. The first-order valence-electron chi connectivity index (χ1n) is 6.01. The van der Waals surface area contributed by atoms with Crippen LogP contribution in [0.1, 0.15) is 40.0 Å². The van der Waals surface area contributed by atoms with Crippen LogP contribution >= 0.6 is 11.6 Å². The molecule has 0 saturated carbocycles. The Balaban J connectivity index is 5.11. The number of alkyl halides is 1. The van der Waals surface area contributed by atoms with Gasteiger partial charge in [-0.2, -0.15) is 0 Å². The summed E-state index contributed by atoms with van der Waals surface area (Å²) in [4.78, 5) is 12.5. The average molecular weight is 291 g/mol. The Kier molecular flexibility index (Phi) is 7.02. The Morgan fingerprint density at radius 3 is 2.17 bits per heavy atom. The molecule has 0 unspecified atom stereocenters. The largest absolute Gasteiger partial charge is 0.292 e. The molecule has 0 aliphatic rings. The van der Waals surface area contributed by atoms with E-state index in [1.54, 1.807) is 12.5 Å². The van der Waals surface area contributed by atoms with Crippen molar-refractivity contribution in [3.8, 4) is 11.8 Å². The topological polar surface area (TPSA) is 34.1 Å². The van der Waals surface area contributed by atoms with Gasteiger partial charge in [0.2, 0.25) is 0 Å². The van der Waals surface area contributed by atoms with Crippen LogP contribution in [0.4, 0.5) is 0 Å². The number of carbonyl (C=O) groups is 1. The number of hydrogen-bond donors (Lipinski definition) is 0. The standard InChI is InChI=1S/C14H23ClO2S/c1-14(2,3)13(16)12(18(4,5)17)10-8-6-7-9-11-15/h6-7,9,11H2,1-5H3. The van der Waals surface area contributed by atoms with Gasteiger partial charge in [-0.15, -0.1) is 11.6 Å². The summed E-state index contributed by atoms with van der Waals surface area (Å²) >= 11 is 5.57. The summed E-state index contributed by atoms with van der Waals surface area (Å²) in [6.45, 7) is 5.45. The van der Waals surface area contributed by atoms with Crippen molar-refractivity contribution in [2.24, 2.45) is 5.41 Å². The summed E-state index contributed by atoms with van der Waals surface area (Å²) < 4.78 is 12.1. The van der Waals surface area contributed by atoms with Gasteiger partial charge in [-0.05, 0) is 22.4 Å². The molecule has 0 fully saturated rings. The number of unbranched alkanes of at least 4 members (excludes halogenated alkanes) is 2. The molecule has 0 N–H and O–H groups in total. The third kappa shape index (κ3) is 6.47. The molecular weight excluding hydrogens is 268 g/mol. The van der Waals surface area contributed by atoms with E-state index < -0.39 is 14.9 Å². The van der Waals surface area contributed by atoms with Crippen molar-refractivity contribution in [3.05, 3.63) is 0 Å². The van der Waals surface area contributed by atoms with Crippen LogP contribution in [-0.2, 0) is 14.3 Å². The maximum atomic E-state index is 12.2. The number of carbonyl (C=O) groups excluding carboxylic acids is 1. The van der Waals surface area contributed by atoms with E-state index in [2.05, 4.69) is 11.8 Å². The first-order chi connectivity index (χ1) is 8.10. The van der Waals surface area contributed by atoms with Crippen molar-refractivity contribution < 1.29 is 9.00 Å². The molecule has 0 aliphatic heterocycles. The highest BCUT2D eigenvalue weighted by atomic mass is 35.5. The zero-order valence-electron chi connectivity index (χ0n) is 11.9. The highest BCUT2D eigenvalue weighted by Crippen LogP contribution is 2.16. The van der Waals surface area contributed by atoms with E-state index in [-0.39, 0.29) is 10.6 Å². The van der Waals surface area contributed by atoms with E-state index in [9.17, 15) is 9.00 Å². The zero-order valence-corrected chi connectivity index (χ0v) is 13.5. The number of rotatable bonds is 4. The van der Waals surface area contributed by atoms with Crippen LogP contribution in [-0.4, -0.2) is 33.2 Å². The minimum Gasteiger partial charge on any atom is -0.292 e. The molecule has 4 heteroatoms. The fraction of sp³-hybridized carbons (Fsp3) is 0.714. The quantitative estimate of drug-likeness (QED) is 0.345. The number of Topliss-reactive ketones (excluding diaryl/α,β-unsaturated/α-hetero) is 1. The Morgan fingerprint density at radius 2 is 1.78 bits per heavy atom. The summed E-state index contributed by atoms with van der Waals surface area (Å²) in [5.41, 5.74) is -0.547. The van der Waals surface area contributed by atoms with Crippen LogP contribution in [0.15, 0.2) is 0 Å². The predicted octanol–water partition coefficient (Wildman–Crippen LogP) is 2.73. The molecule has 18 heavy (non-hydrogen) atoms. The third-order valence-corrected chi connectivity index (χ3v) is 3.80. The molecular formula is C14H23ClO2S. The number of hydrogen-bond acceptors (Lipinski definition) is 2. The van der Waals surface area contributed by atoms with E-state index in [1.807, 2.05) is 20.8 Å². The summed E-state index contributed by atoms with van der Waals surface area (Å²) in [7, 11) is -2.32. The first-order valence-corrected chi connectivity index (χ1v) is 8.92. The highest BCUT2D eigenvalue weighted by molar-refractivity contribution is 8.02. The maximum Gasteiger partial charge on any atom is 0.184 e. The van der Waals surface area contributed by atoms with Crippen molar-refractivity contribution in [2.75, 3.05) is 18.4 Å². The minimum absolute atomic E-state index is 0.123. The van der Waals surface area contributed by atoms with Gasteiger partial charge >= 0.3 is 0 Å². The molecule has 0 saturated heterocycles. The molecule has 0 aromatic rings. The molecule has 2 nitrogen and oxygen atoms in total. The fourth-order valence-corrected chi connectivity index (χ4v) is 2.45. The minimum atomic E-state index is -2.32. The zero-order chi connectivity index (χ0) is 14.4. The lowest BCUT2D eigenvalue weighted by Crippen LogP contribution is -2.31. The summed E-state index contributed by atoms with van der Waals surface area (Å²) in [6.07, 6.45) is 5.64. The van der Waals surface area contributed by atoms with Crippen LogP contribution in [0, 0.1) is 17.3 Å². The van der Waals surface area contributed by atoms with Gasteiger partial charge in [0.1, 0.15) is 4.86 Å². The molecule has 0 rings (SSSR count). The Labute approximate surface area is 116 Å². The molecule has 0 spiro atoms. The molecule has 0 radical (unpaired) electrons. The second-order valence-electron chi connectivity index (χ2n) is 5.59. The van der Waals surface area contributed by atoms with E-state index >= 15 is 0 Å². The lowest BCUT2D eigenvalue weighted by Gasteiger charge is -2.17. The summed E-state index contributed by atoms with van der Waals surface area (Å²) in [5, 5.41) is 0. The third-order valence-electron chi connectivity index (χ3n) is 2.27. The van der Waals surface area contributed by atoms with Crippen LogP contribution < -0.4 is 0 Å². The SMILES string of the molecule is CC(C)(C)C(=O)C(C#CCCCCCl)=S(C)(C)=O. The Morgan fingerprint density at radius 1 is 1.22 bits per heavy atom. The monoisotopic (exact) mass is 290 g/mol. The Hall–Kier alpha value is -0.460. The van der Waals surface area contributed by atoms with E-state index in [4.69, 9.17) is 11.6 Å². The number of halogens is 1. The molecule has 0 atom stereocenters. The van der Waals surface area contributed by atoms with Crippen LogP contribution in [0.2, 0.25) is 0 Å². The molecule has 0 amide bonds. The summed E-state index contributed by atoms with van der Waals surface area (Å²) in [5.74, 6) is 6.26. The fourth-order valence-electron chi connectivity index (χ4n) is 1.19. The molecule has 0 aromatic carbocycles. The van der Waals surface area contributed by atoms with E-state index in [0.29, 0.717) is 12.3 Å². The van der Waals surface area contributed by atoms with Gasteiger partial charge in [-0.1, -0.05) is 32.6 Å². The van der Waals surface area contributed by atoms with Crippen molar-refractivity contribution >= 4 is 31.8 Å². The smallest absolute Gasteiger partial charge is 0.184 e. The second kappa shape index (κ2) is 7.21.